The molecule has 2 rings (SSSR count). The third-order valence-corrected chi connectivity index (χ3v) is 2.42. The van der Waals surface area contributed by atoms with Gasteiger partial charge in [0.05, 0.1) is 0 Å². The smallest absolute Gasteiger partial charge is 0.183 e. The van der Waals surface area contributed by atoms with E-state index in [1.807, 2.05) is 0 Å². The highest BCUT2D eigenvalue weighted by atomic mass is 15.2. The van der Waals surface area contributed by atoms with E-state index in [0.717, 1.165) is 19.5 Å². The molecule has 0 N–H and O–H groups in total. The molecular weight excluding hydrogens is 188 g/mol. The Bertz CT molecular complexity index is 430. The van der Waals surface area contributed by atoms with Gasteiger partial charge in [0, 0.05) is 25.5 Å². The first-order chi connectivity index (χ1) is 7.31. The van der Waals surface area contributed by atoms with Gasteiger partial charge in [0.2, 0.25) is 0 Å². The molecule has 0 saturated carbocycles. The first kappa shape index (κ1) is 9.66. The predicted molar refractivity (Wildman–Crippen MR) is 57.3 cm³/mol. The zero-order valence-corrected chi connectivity index (χ0v) is 8.64. The maximum atomic E-state index is 8.92. The first-order valence-electron chi connectivity index (χ1n) is 4.93. The summed E-state index contributed by atoms with van der Waals surface area (Å²) < 4.78 is 0. The highest BCUT2D eigenvalue weighted by Crippen LogP contribution is 2.19. The van der Waals surface area contributed by atoms with Crippen molar-refractivity contribution in [2.75, 3.05) is 18.0 Å². The third kappa shape index (κ3) is 1.96. The number of hydrogen-bond donors (Lipinski definition) is 0. The summed E-state index contributed by atoms with van der Waals surface area (Å²) in [5.41, 5.74) is 1.72. The van der Waals surface area contributed by atoms with Crippen LogP contribution in [0.5, 0.6) is 0 Å². The number of hydrogen-bond acceptors (Lipinski definition) is 4. The van der Waals surface area contributed by atoms with Crippen molar-refractivity contribution in [2.45, 2.75) is 13.3 Å². The summed E-state index contributed by atoms with van der Waals surface area (Å²) in [7, 11) is 0. The van der Waals surface area contributed by atoms with Crippen LogP contribution < -0.4 is 4.90 Å². The van der Waals surface area contributed by atoms with E-state index in [9.17, 15) is 0 Å². The Balaban J connectivity index is 2.30. The van der Waals surface area contributed by atoms with E-state index >= 15 is 0 Å². The fourth-order valence-corrected chi connectivity index (χ4v) is 1.73. The second-order valence-corrected chi connectivity index (χ2v) is 3.60. The van der Waals surface area contributed by atoms with Crippen molar-refractivity contribution in [2.24, 2.45) is 0 Å². The van der Waals surface area contributed by atoms with Crippen LogP contribution in [-0.2, 0) is 0 Å². The van der Waals surface area contributed by atoms with Gasteiger partial charge in [-0.25, -0.2) is 9.97 Å². The molecule has 76 valence electrons. The zero-order valence-electron chi connectivity index (χ0n) is 8.64. The minimum absolute atomic E-state index is 0.409. The average Bonchev–Trinajstić information content (AvgIpc) is 2.29. The van der Waals surface area contributed by atoms with E-state index < -0.39 is 0 Å². The van der Waals surface area contributed by atoms with Crippen LogP contribution in [0.2, 0.25) is 0 Å². The summed E-state index contributed by atoms with van der Waals surface area (Å²) >= 11 is 0. The highest BCUT2D eigenvalue weighted by Gasteiger charge is 2.15. The molecule has 0 aliphatic carbocycles. The maximum absolute atomic E-state index is 8.92. The van der Waals surface area contributed by atoms with Gasteiger partial charge in [0.15, 0.2) is 11.5 Å². The Morgan fingerprint density at radius 2 is 2.20 bits per heavy atom. The van der Waals surface area contributed by atoms with Crippen LogP contribution >= 0.6 is 0 Å². The monoisotopic (exact) mass is 200 g/mol. The van der Waals surface area contributed by atoms with Gasteiger partial charge in [-0.1, -0.05) is 11.6 Å². The van der Waals surface area contributed by atoms with E-state index in [1.165, 1.54) is 5.57 Å². The van der Waals surface area contributed by atoms with Crippen molar-refractivity contribution >= 4 is 5.82 Å². The van der Waals surface area contributed by atoms with E-state index in [0.29, 0.717) is 11.5 Å². The normalized spacial score (nSPS) is 15.7. The Hall–Kier alpha value is -1.89. The number of nitriles is 1. The molecule has 1 aliphatic rings. The molecule has 1 aromatic heterocycles. The van der Waals surface area contributed by atoms with E-state index in [-0.39, 0.29) is 0 Å². The standard InChI is InChI=1S/C11H12N4/c1-9-3-2-6-15(8-9)11-10(7-12)13-4-5-14-11/h3-5H,2,6,8H2,1H3. The molecule has 15 heavy (non-hydrogen) atoms. The van der Waals surface area contributed by atoms with Gasteiger partial charge in [0.1, 0.15) is 6.07 Å². The molecule has 0 unspecified atom stereocenters. The lowest BCUT2D eigenvalue weighted by atomic mass is 10.1. The Morgan fingerprint density at radius 1 is 1.40 bits per heavy atom. The minimum atomic E-state index is 0.409. The fourth-order valence-electron chi connectivity index (χ4n) is 1.73. The summed E-state index contributed by atoms with van der Waals surface area (Å²) in [5.74, 6) is 0.701. The summed E-state index contributed by atoms with van der Waals surface area (Å²) in [6.07, 6.45) is 6.41. The molecule has 0 radical (unpaired) electrons. The van der Waals surface area contributed by atoms with Gasteiger partial charge in [-0.3, -0.25) is 0 Å². The van der Waals surface area contributed by atoms with Gasteiger partial charge >= 0.3 is 0 Å². The van der Waals surface area contributed by atoms with Gasteiger partial charge in [-0.05, 0) is 13.3 Å². The van der Waals surface area contributed by atoms with Crippen LogP contribution in [0, 0.1) is 11.3 Å². The average molecular weight is 200 g/mol. The van der Waals surface area contributed by atoms with Crippen molar-refractivity contribution in [3.8, 4) is 6.07 Å². The van der Waals surface area contributed by atoms with Crippen LogP contribution in [-0.4, -0.2) is 23.1 Å². The second-order valence-electron chi connectivity index (χ2n) is 3.60. The molecule has 0 aromatic carbocycles. The van der Waals surface area contributed by atoms with Crippen molar-refractivity contribution < 1.29 is 0 Å². The third-order valence-electron chi connectivity index (χ3n) is 2.42. The number of aromatic nitrogens is 2. The summed E-state index contributed by atoms with van der Waals surface area (Å²) in [6.45, 7) is 3.84. The second kappa shape index (κ2) is 4.09. The fraction of sp³-hybridized carbons (Fsp3) is 0.364. The lowest BCUT2D eigenvalue weighted by molar-refractivity contribution is 0.772. The van der Waals surface area contributed by atoms with Crippen molar-refractivity contribution in [3.05, 3.63) is 29.7 Å². The SMILES string of the molecule is CC1=CCCN(c2nccnc2C#N)C1. The number of nitrogens with zero attached hydrogens (tertiary/aromatic N) is 4. The Kier molecular flexibility index (Phi) is 2.64. The zero-order chi connectivity index (χ0) is 10.7. The van der Waals surface area contributed by atoms with E-state index in [1.54, 1.807) is 12.4 Å². The number of anilines is 1. The van der Waals surface area contributed by atoms with Crippen molar-refractivity contribution in [3.63, 3.8) is 0 Å². The molecule has 4 nitrogen and oxygen atoms in total. The van der Waals surface area contributed by atoms with Gasteiger partial charge in [0.25, 0.3) is 0 Å². The van der Waals surface area contributed by atoms with Crippen molar-refractivity contribution in [1.82, 2.24) is 9.97 Å². The molecule has 0 atom stereocenters. The maximum Gasteiger partial charge on any atom is 0.183 e. The van der Waals surface area contributed by atoms with Crippen LogP contribution in [0.25, 0.3) is 0 Å². The van der Waals surface area contributed by atoms with Gasteiger partial charge in [-0.15, -0.1) is 0 Å². The van der Waals surface area contributed by atoms with Crippen LogP contribution in [0.3, 0.4) is 0 Å². The Labute approximate surface area is 88.9 Å². The van der Waals surface area contributed by atoms with Crippen LogP contribution in [0.15, 0.2) is 24.0 Å². The predicted octanol–water partition coefficient (Wildman–Crippen LogP) is 1.50. The molecule has 0 bridgehead atoms. The summed E-state index contributed by atoms with van der Waals surface area (Å²) in [4.78, 5) is 10.3. The lowest BCUT2D eigenvalue weighted by Gasteiger charge is -2.27. The molecule has 4 heteroatoms. The summed E-state index contributed by atoms with van der Waals surface area (Å²) in [5, 5.41) is 8.92. The molecule has 2 heterocycles. The summed E-state index contributed by atoms with van der Waals surface area (Å²) in [6, 6.07) is 2.07. The largest absolute Gasteiger partial charge is 0.350 e. The van der Waals surface area contributed by atoms with E-state index in [4.69, 9.17) is 5.26 Å². The van der Waals surface area contributed by atoms with Crippen LogP contribution in [0.4, 0.5) is 5.82 Å². The molecular formula is C11H12N4. The Morgan fingerprint density at radius 3 is 2.93 bits per heavy atom. The van der Waals surface area contributed by atoms with Gasteiger partial charge in [-0.2, -0.15) is 5.26 Å². The molecule has 0 saturated heterocycles. The lowest BCUT2D eigenvalue weighted by Crippen LogP contribution is -2.30. The molecule has 0 amide bonds. The topological polar surface area (TPSA) is 52.8 Å². The molecule has 1 aliphatic heterocycles. The quantitative estimate of drug-likeness (QED) is 0.645. The first-order valence-corrected chi connectivity index (χ1v) is 4.93. The molecule has 0 spiro atoms. The van der Waals surface area contributed by atoms with Crippen LogP contribution in [0.1, 0.15) is 19.0 Å². The van der Waals surface area contributed by atoms with Gasteiger partial charge < -0.3 is 4.90 Å². The van der Waals surface area contributed by atoms with E-state index in [2.05, 4.69) is 33.9 Å². The van der Waals surface area contributed by atoms with Crippen molar-refractivity contribution in [1.29, 1.82) is 5.26 Å². The highest BCUT2D eigenvalue weighted by molar-refractivity contribution is 5.51. The molecule has 1 aromatic rings. The molecule has 0 fully saturated rings. The number of rotatable bonds is 1. The minimum Gasteiger partial charge on any atom is -0.350 e.